The van der Waals surface area contributed by atoms with Gasteiger partial charge in [0, 0.05) is 57.3 Å². The summed E-state index contributed by atoms with van der Waals surface area (Å²) >= 11 is 7.70. The molecular formula is C34H34ClF3N4O5S. The molecular weight excluding hydrogens is 669 g/mol. The van der Waals surface area contributed by atoms with Crippen LogP contribution in [-0.2, 0) is 23.1 Å². The zero-order valence-electron chi connectivity index (χ0n) is 26.4. The highest BCUT2D eigenvalue weighted by molar-refractivity contribution is 7.18. The second-order valence-corrected chi connectivity index (χ2v) is 14.3. The number of nitrogens with zero attached hydrogens (tertiary/aromatic N) is 4. The first-order valence-corrected chi connectivity index (χ1v) is 17.2. The predicted octanol–water partition coefficient (Wildman–Crippen LogP) is 6.91. The first kappa shape index (κ1) is 33.0. The number of halogens is 4. The van der Waals surface area contributed by atoms with Crippen molar-refractivity contribution in [2.75, 3.05) is 19.7 Å². The Morgan fingerprint density at radius 3 is 2.58 bits per heavy atom. The van der Waals surface area contributed by atoms with Gasteiger partial charge in [-0.3, -0.25) is 24.0 Å². The maximum absolute atomic E-state index is 14.0. The van der Waals surface area contributed by atoms with E-state index in [-0.39, 0.29) is 35.7 Å². The lowest BCUT2D eigenvalue weighted by Gasteiger charge is -2.41. The summed E-state index contributed by atoms with van der Waals surface area (Å²) in [4.78, 5) is 37.5. The van der Waals surface area contributed by atoms with Crippen LogP contribution in [0.3, 0.4) is 0 Å². The van der Waals surface area contributed by atoms with E-state index >= 15 is 0 Å². The molecule has 14 heteroatoms. The highest BCUT2D eigenvalue weighted by Gasteiger charge is 2.53. The number of aromatic carboxylic acids is 1. The van der Waals surface area contributed by atoms with Crippen LogP contribution in [0.15, 0.2) is 34.4 Å². The summed E-state index contributed by atoms with van der Waals surface area (Å²) in [6.07, 6.45) is -1.62. The Labute approximate surface area is 283 Å². The summed E-state index contributed by atoms with van der Waals surface area (Å²) in [6.45, 7) is 5.03. The summed E-state index contributed by atoms with van der Waals surface area (Å²) in [5.74, 6) is 0.0919. The maximum atomic E-state index is 14.0. The number of pyridine rings is 1. The lowest BCUT2D eigenvalue weighted by Crippen LogP contribution is -2.50. The molecule has 2 aliphatic carbocycles. The summed E-state index contributed by atoms with van der Waals surface area (Å²) in [6, 6.07) is 7.19. The fourth-order valence-corrected chi connectivity index (χ4v) is 8.60. The zero-order valence-corrected chi connectivity index (χ0v) is 28.0. The summed E-state index contributed by atoms with van der Waals surface area (Å²) < 4.78 is 51.2. The van der Waals surface area contributed by atoms with Crippen LogP contribution in [0.1, 0.15) is 65.2 Å². The average molecular weight is 703 g/mol. The topological polar surface area (TPSA) is 107 Å². The number of fused-ring (bicyclic) bond motifs is 3. The Morgan fingerprint density at radius 1 is 1.15 bits per heavy atom. The molecule has 1 N–H and O–H groups in total. The number of carboxylic acid groups (broad SMARTS) is 1. The van der Waals surface area contributed by atoms with Crippen LogP contribution in [0.2, 0.25) is 5.02 Å². The molecule has 0 amide bonds. The van der Waals surface area contributed by atoms with Crippen molar-refractivity contribution in [3.05, 3.63) is 73.4 Å². The average Bonchev–Trinajstić information content (AvgIpc) is 3.66. The van der Waals surface area contributed by atoms with Crippen LogP contribution < -0.4 is 10.3 Å². The van der Waals surface area contributed by atoms with Gasteiger partial charge >= 0.3 is 12.3 Å². The standard InChI is InChI=1S/C34H34ClF3N4O5S/c1-18-13-24(29-28(39-18)26(17-48-29)32(44)45)23-14-20(35)3-4-27(23)46-12-11-42-19(2)40-30-25(31(42)43)15-21(16-33(30)7-8-33)41-9-5-22(6-10-41)47-34(36,37)38/h3-4,13-14,17,21-22H,5-12,15-16H2,1-2H3,(H,44,45)/t21-/m0/s1. The molecule has 0 radical (unpaired) electrons. The number of carboxylic acids is 1. The van der Waals surface area contributed by atoms with Gasteiger partial charge in [-0.05, 0) is 76.6 Å². The van der Waals surface area contributed by atoms with E-state index in [0.29, 0.717) is 76.0 Å². The Kier molecular flexibility index (Phi) is 8.54. The molecule has 1 aliphatic heterocycles. The minimum Gasteiger partial charge on any atom is -0.491 e. The van der Waals surface area contributed by atoms with Crippen molar-refractivity contribution >= 4 is 39.1 Å². The quantitative estimate of drug-likeness (QED) is 0.211. The van der Waals surface area contributed by atoms with Gasteiger partial charge in [0.25, 0.3) is 5.56 Å². The smallest absolute Gasteiger partial charge is 0.491 e. The molecule has 1 atom stereocenters. The van der Waals surface area contributed by atoms with Crippen molar-refractivity contribution in [3.8, 4) is 16.9 Å². The number of hydrogen-bond donors (Lipinski definition) is 1. The molecule has 7 rings (SSSR count). The molecule has 1 saturated carbocycles. The molecule has 9 nitrogen and oxygen atoms in total. The molecule has 254 valence electrons. The normalized spacial score (nSPS) is 19.5. The maximum Gasteiger partial charge on any atom is 0.522 e. The highest BCUT2D eigenvalue weighted by atomic mass is 35.5. The fraction of sp³-hybridized carbons (Fsp3) is 0.471. The van der Waals surface area contributed by atoms with Crippen molar-refractivity contribution < 1.29 is 32.5 Å². The Morgan fingerprint density at radius 2 is 1.90 bits per heavy atom. The molecule has 48 heavy (non-hydrogen) atoms. The number of aromatic nitrogens is 3. The number of hydrogen-bond acceptors (Lipinski definition) is 8. The molecule has 4 aromatic rings. The number of benzene rings is 1. The van der Waals surface area contributed by atoms with Gasteiger partial charge in [-0.25, -0.2) is 9.78 Å². The van der Waals surface area contributed by atoms with Crippen molar-refractivity contribution in [3.63, 3.8) is 0 Å². The third-order valence-electron chi connectivity index (χ3n) is 9.85. The highest BCUT2D eigenvalue weighted by Crippen LogP contribution is 2.55. The zero-order chi connectivity index (χ0) is 34.0. The summed E-state index contributed by atoms with van der Waals surface area (Å²) in [7, 11) is 0. The van der Waals surface area contributed by atoms with Crippen molar-refractivity contribution in [2.45, 2.75) is 82.8 Å². The third-order valence-corrected chi connectivity index (χ3v) is 11.1. The van der Waals surface area contributed by atoms with Gasteiger partial charge in [-0.2, -0.15) is 0 Å². The minimum atomic E-state index is -4.64. The summed E-state index contributed by atoms with van der Waals surface area (Å²) in [5, 5.41) is 11.7. The number of ether oxygens (including phenoxy) is 2. The van der Waals surface area contributed by atoms with Gasteiger partial charge in [-0.1, -0.05) is 11.6 Å². The lowest BCUT2D eigenvalue weighted by molar-refractivity contribution is -0.346. The van der Waals surface area contributed by atoms with Crippen LogP contribution in [-0.4, -0.2) is 68.7 Å². The Hall–Kier alpha value is -3.52. The van der Waals surface area contributed by atoms with E-state index in [2.05, 4.69) is 14.6 Å². The van der Waals surface area contributed by atoms with Crippen LogP contribution in [0.25, 0.3) is 21.3 Å². The number of aryl methyl sites for hydroxylation is 2. The second-order valence-electron chi connectivity index (χ2n) is 13.0. The molecule has 1 aromatic carbocycles. The molecule has 0 bridgehead atoms. The number of likely N-dealkylation sites (tertiary alicyclic amines) is 1. The van der Waals surface area contributed by atoms with E-state index in [1.165, 1.54) is 11.3 Å². The Bertz CT molecular complexity index is 1970. The molecule has 1 spiro atoms. The lowest BCUT2D eigenvalue weighted by atomic mass is 9.80. The Balaban J connectivity index is 1.11. The summed E-state index contributed by atoms with van der Waals surface area (Å²) in [5.41, 5.74) is 3.95. The van der Waals surface area contributed by atoms with E-state index in [4.69, 9.17) is 21.3 Å². The van der Waals surface area contributed by atoms with Gasteiger partial charge in [-0.15, -0.1) is 24.5 Å². The van der Waals surface area contributed by atoms with Crippen molar-refractivity contribution in [1.82, 2.24) is 19.4 Å². The van der Waals surface area contributed by atoms with Crippen molar-refractivity contribution in [2.24, 2.45) is 0 Å². The van der Waals surface area contributed by atoms with Crippen molar-refractivity contribution in [1.29, 1.82) is 0 Å². The largest absolute Gasteiger partial charge is 0.522 e. The van der Waals surface area contributed by atoms with Gasteiger partial charge in [0.05, 0.1) is 34.1 Å². The van der Waals surface area contributed by atoms with Crippen LogP contribution in [0, 0.1) is 13.8 Å². The fourth-order valence-electron chi connectivity index (χ4n) is 7.41. The van der Waals surface area contributed by atoms with E-state index in [1.807, 2.05) is 13.0 Å². The van der Waals surface area contributed by atoms with Gasteiger partial charge in [0.1, 0.15) is 18.2 Å². The molecule has 2 fully saturated rings. The second kappa shape index (κ2) is 12.4. The first-order valence-electron chi connectivity index (χ1n) is 16.0. The number of carbonyl (C=O) groups is 1. The van der Waals surface area contributed by atoms with E-state index in [9.17, 15) is 27.9 Å². The van der Waals surface area contributed by atoms with Gasteiger partial charge < -0.3 is 9.84 Å². The third kappa shape index (κ3) is 6.33. The molecule has 3 aromatic heterocycles. The van der Waals surface area contributed by atoms with Crippen LogP contribution in [0.4, 0.5) is 13.2 Å². The van der Waals surface area contributed by atoms with E-state index in [1.54, 1.807) is 35.1 Å². The molecule has 3 aliphatic rings. The number of thiophene rings is 1. The molecule has 4 heterocycles. The van der Waals surface area contributed by atoms with Crippen LogP contribution in [0.5, 0.6) is 5.75 Å². The number of rotatable bonds is 8. The monoisotopic (exact) mass is 702 g/mol. The molecule has 0 unspecified atom stereocenters. The SMILES string of the molecule is Cc1cc(-c2cc(Cl)ccc2OCCn2c(C)nc3c(c2=O)C[C@H](N2CCC(OC(F)(F)F)CC2)CC32CC2)c2scc(C(=O)O)c2n1. The number of alkyl halides is 3. The molecule has 1 saturated heterocycles. The van der Waals surface area contributed by atoms with E-state index < -0.39 is 18.4 Å². The predicted molar refractivity (Wildman–Crippen MR) is 175 cm³/mol. The van der Waals surface area contributed by atoms with Gasteiger partial charge in [0.2, 0.25) is 0 Å². The van der Waals surface area contributed by atoms with E-state index in [0.717, 1.165) is 30.5 Å². The minimum absolute atomic E-state index is 0.0601. The van der Waals surface area contributed by atoms with Gasteiger partial charge in [0.15, 0.2) is 0 Å². The van der Waals surface area contributed by atoms with Crippen LogP contribution >= 0.6 is 22.9 Å². The first-order chi connectivity index (χ1) is 22.8. The number of piperidine rings is 1.